The van der Waals surface area contributed by atoms with Crippen molar-refractivity contribution in [1.29, 1.82) is 0 Å². The molecule has 0 aliphatic carbocycles. The average molecular weight is 327 g/mol. The maximum absolute atomic E-state index is 12.8. The van der Waals surface area contributed by atoms with Gasteiger partial charge < -0.3 is 19.5 Å². The highest BCUT2D eigenvalue weighted by atomic mass is 19.3. The number of ether oxygens (including phenoxy) is 2. The van der Waals surface area contributed by atoms with Crippen LogP contribution in [0.3, 0.4) is 0 Å². The highest BCUT2D eigenvalue weighted by Gasteiger charge is 2.40. The highest BCUT2D eigenvalue weighted by Crippen LogP contribution is 2.37. The normalized spacial score (nSPS) is 24.8. The van der Waals surface area contributed by atoms with Crippen LogP contribution in [0.2, 0.25) is 0 Å². The molecule has 3 rings (SSSR count). The largest absolute Gasteiger partial charge is 0.490 e. The topological polar surface area (TPSA) is 59.0 Å². The van der Waals surface area contributed by atoms with E-state index in [0.29, 0.717) is 12.2 Å². The second-order valence-electron chi connectivity index (χ2n) is 6.11. The molecular weight excluding hydrogens is 308 g/mol. The molecule has 0 radical (unpaired) electrons. The van der Waals surface area contributed by atoms with Crippen LogP contribution in [0.5, 0.6) is 11.5 Å². The standard InChI is InChI=1S/C16H19F2NO4/c1-8-3-12-14(13(4-8)23-9(2)15(17)18)16(21)19-6-11(20)5-10(19)7-22-12/h3-4,9-11,15,20H,5-7H2,1-2H3/t9-,10-,11+/m1/s1. The average Bonchev–Trinajstić information content (AvgIpc) is 2.79. The van der Waals surface area contributed by atoms with Crippen molar-refractivity contribution in [2.75, 3.05) is 13.2 Å². The number of carbonyl (C=O) groups excluding carboxylic acids is 1. The summed E-state index contributed by atoms with van der Waals surface area (Å²) in [5, 5.41) is 9.77. The second kappa shape index (κ2) is 5.96. The van der Waals surface area contributed by atoms with Gasteiger partial charge in [0.25, 0.3) is 12.3 Å². The van der Waals surface area contributed by atoms with Gasteiger partial charge in [-0.25, -0.2) is 8.78 Å². The lowest BCUT2D eigenvalue weighted by molar-refractivity contribution is 0.0216. The van der Waals surface area contributed by atoms with Crippen LogP contribution in [0.1, 0.15) is 29.3 Å². The number of hydrogen-bond donors (Lipinski definition) is 1. The summed E-state index contributed by atoms with van der Waals surface area (Å²) in [6.45, 7) is 3.51. The lowest BCUT2D eigenvalue weighted by atomic mass is 10.1. The molecule has 1 amide bonds. The summed E-state index contributed by atoms with van der Waals surface area (Å²) in [4.78, 5) is 14.3. The first kappa shape index (κ1) is 16.0. The van der Waals surface area contributed by atoms with Crippen LogP contribution in [0.25, 0.3) is 0 Å². The molecule has 0 aromatic heterocycles. The molecule has 5 nitrogen and oxygen atoms in total. The monoisotopic (exact) mass is 327 g/mol. The maximum Gasteiger partial charge on any atom is 0.274 e. The fraction of sp³-hybridized carbons (Fsp3) is 0.562. The van der Waals surface area contributed by atoms with Gasteiger partial charge in [-0.15, -0.1) is 0 Å². The van der Waals surface area contributed by atoms with Crippen LogP contribution in [0.4, 0.5) is 8.78 Å². The first-order chi connectivity index (χ1) is 10.9. The third-order valence-electron chi connectivity index (χ3n) is 4.18. The third-order valence-corrected chi connectivity index (χ3v) is 4.18. The zero-order valence-corrected chi connectivity index (χ0v) is 13.0. The van der Waals surface area contributed by atoms with Gasteiger partial charge in [0.05, 0.1) is 12.1 Å². The van der Waals surface area contributed by atoms with Crippen LogP contribution < -0.4 is 9.47 Å². The minimum atomic E-state index is -2.66. The maximum atomic E-state index is 12.8. The number of aliphatic hydroxyl groups excluding tert-OH is 1. The fourth-order valence-corrected chi connectivity index (χ4v) is 3.02. The Labute approximate surface area is 132 Å². The van der Waals surface area contributed by atoms with Crippen LogP contribution >= 0.6 is 0 Å². The van der Waals surface area contributed by atoms with Gasteiger partial charge in [-0.05, 0) is 38.0 Å². The van der Waals surface area contributed by atoms with E-state index in [1.807, 2.05) is 0 Å². The van der Waals surface area contributed by atoms with E-state index in [0.717, 1.165) is 5.56 Å². The molecule has 2 aliphatic rings. The van der Waals surface area contributed by atoms with E-state index in [4.69, 9.17) is 9.47 Å². The lowest BCUT2D eigenvalue weighted by Crippen LogP contribution is -2.37. The predicted molar refractivity (Wildman–Crippen MR) is 78.2 cm³/mol. The number of hydrogen-bond acceptors (Lipinski definition) is 4. The van der Waals surface area contributed by atoms with Crippen molar-refractivity contribution in [2.24, 2.45) is 0 Å². The van der Waals surface area contributed by atoms with E-state index in [2.05, 4.69) is 0 Å². The zero-order valence-electron chi connectivity index (χ0n) is 13.0. The summed E-state index contributed by atoms with van der Waals surface area (Å²) in [7, 11) is 0. The molecule has 0 saturated carbocycles. The minimum Gasteiger partial charge on any atom is -0.490 e. The number of aliphatic hydroxyl groups is 1. The summed E-state index contributed by atoms with van der Waals surface area (Å²) in [5.41, 5.74) is 0.912. The molecule has 2 heterocycles. The van der Waals surface area contributed by atoms with Crippen molar-refractivity contribution in [3.05, 3.63) is 23.3 Å². The lowest BCUT2D eigenvalue weighted by Gasteiger charge is -2.22. The molecule has 1 aromatic rings. The molecule has 1 N–H and O–H groups in total. The first-order valence-electron chi connectivity index (χ1n) is 7.58. The van der Waals surface area contributed by atoms with E-state index in [1.54, 1.807) is 19.1 Å². The summed E-state index contributed by atoms with van der Waals surface area (Å²) in [6, 6.07) is 3.04. The Balaban J connectivity index is 2.01. The van der Waals surface area contributed by atoms with Gasteiger partial charge in [-0.3, -0.25) is 4.79 Å². The summed E-state index contributed by atoms with van der Waals surface area (Å²) >= 11 is 0. The molecule has 3 atom stereocenters. The van der Waals surface area contributed by atoms with Crippen molar-refractivity contribution < 1.29 is 28.2 Å². The summed E-state index contributed by atoms with van der Waals surface area (Å²) < 4.78 is 36.6. The number of alkyl halides is 2. The van der Waals surface area contributed by atoms with Crippen LogP contribution in [0, 0.1) is 6.92 Å². The third kappa shape index (κ3) is 2.97. The van der Waals surface area contributed by atoms with Gasteiger partial charge in [0.1, 0.15) is 23.7 Å². The second-order valence-corrected chi connectivity index (χ2v) is 6.11. The molecular formula is C16H19F2NO4. The molecule has 1 aromatic carbocycles. The van der Waals surface area contributed by atoms with Gasteiger partial charge in [0.15, 0.2) is 6.10 Å². The molecule has 0 bridgehead atoms. The number of aryl methyl sites for hydroxylation is 1. The SMILES string of the molecule is Cc1cc2c(c(O[C@H](C)C(F)F)c1)C(=O)N1C[C@@H](O)C[C@@H]1CO2. The van der Waals surface area contributed by atoms with Gasteiger partial charge in [0, 0.05) is 6.54 Å². The molecule has 0 spiro atoms. The first-order valence-corrected chi connectivity index (χ1v) is 7.58. The molecule has 1 saturated heterocycles. The molecule has 7 heteroatoms. The Kier molecular flexibility index (Phi) is 4.14. The van der Waals surface area contributed by atoms with Crippen molar-refractivity contribution in [3.8, 4) is 11.5 Å². The number of carbonyl (C=O) groups is 1. The Morgan fingerprint density at radius 1 is 1.43 bits per heavy atom. The smallest absolute Gasteiger partial charge is 0.274 e. The number of amides is 1. The number of fused-ring (bicyclic) bond motifs is 2. The summed E-state index contributed by atoms with van der Waals surface area (Å²) in [5.74, 6) is 0.0886. The number of benzene rings is 1. The molecule has 0 unspecified atom stereocenters. The van der Waals surface area contributed by atoms with Crippen molar-refractivity contribution in [2.45, 2.75) is 44.9 Å². The predicted octanol–water partition coefficient (Wildman–Crippen LogP) is 2.00. The van der Waals surface area contributed by atoms with Crippen molar-refractivity contribution in [3.63, 3.8) is 0 Å². The van der Waals surface area contributed by atoms with E-state index in [1.165, 1.54) is 11.8 Å². The van der Waals surface area contributed by atoms with Crippen molar-refractivity contribution in [1.82, 2.24) is 4.90 Å². The minimum absolute atomic E-state index is 0.0971. The molecule has 2 aliphatic heterocycles. The summed E-state index contributed by atoms with van der Waals surface area (Å²) in [6.07, 6.45) is -4.14. The van der Waals surface area contributed by atoms with Crippen LogP contribution in [-0.4, -0.2) is 53.7 Å². The molecule has 126 valence electrons. The van der Waals surface area contributed by atoms with Gasteiger partial charge in [0.2, 0.25) is 0 Å². The van der Waals surface area contributed by atoms with E-state index >= 15 is 0 Å². The Morgan fingerprint density at radius 2 is 2.17 bits per heavy atom. The Hall–Kier alpha value is -1.89. The van der Waals surface area contributed by atoms with Crippen molar-refractivity contribution >= 4 is 5.91 Å². The zero-order chi connectivity index (χ0) is 16.7. The van der Waals surface area contributed by atoms with Crippen LogP contribution in [-0.2, 0) is 0 Å². The Bertz CT molecular complexity index is 622. The van der Waals surface area contributed by atoms with Gasteiger partial charge >= 0.3 is 0 Å². The van der Waals surface area contributed by atoms with E-state index < -0.39 is 18.6 Å². The number of halogens is 2. The van der Waals surface area contributed by atoms with E-state index in [9.17, 15) is 18.7 Å². The highest BCUT2D eigenvalue weighted by molar-refractivity contribution is 6.00. The van der Waals surface area contributed by atoms with Gasteiger partial charge in [-0.2, -0.15) is 0 Å². The van der Waals surface area contributed by atoms with Crippen LogP contribution in [0.15, 0.2) is 12.1 Å². The molecule has 23 heavy (non-hydrogen) atoms. The Morgan fingerprint density at radius 3 is 2.87 bits per heavy atom. The fourth-order valence-electron chi connectivity index (χ4n) is 3.02. The number of rotatable bonds is 3. The molecule has 1 fully saturated rings. The van der Waals surface area contributed by atoms with E-state index in [-0.39, 0.29) is 36.4 Å². The van der Waals surface area contributed by atoms with Gasteiger partial charge in [-0.1, -0.05) is 0 Å². The number of nitrogens with zero attached hydrogens (tertiary/aromatic N) is 1. The quantitative estimate of drug-likeness (QED) is 0.922.